The van der Waals surface area contributed by atoms with E-state index in [4.69, 9.17) is 9.72 Å². The number of carbonyl (C=O) groups is 1. The van der Waals surface area contributed by atoms with Gasteiger partial charge in [0.25, 0.3) is 5.91 Å². The van der Waals surface area contributed by atoms with E-state index in [1.54, 1.807) is 24.3 Å². The van der Waals surface area contributed by atoms with Crippen molar-refractivity contribution in [1.29, 1.82) is 0 Å². The fourth-order valence-electron chi connectivity index (χ4n) is 4.20. The van der Waals surface area contributed by atoms with Crippen LogP contribution in [0.4, 0.5) is 4.39 Å². The number of hydrogen-bond donors (Lipinski definition) is 0. The van der Waals surface area contributed by atoms with E-state index in [1.807, 2.05) is 47.4 Å². The molecule has 2 heterocycles. The van der Waals surface area contributed by atoms with Gasteiger partial charge in [-0.2, -0.15) is 0 Å². The van der Waals surface area contributed by atoms with E-state index in [-0.39, 0.29) is 11.7 Å². The molecule has 1 amide bonds. The van der Waals surface area contributed by atoms with Crippen molar-refractivity contribution in [2.45, 2.75) is 13.0 Å². The number of aromatic nitrogens is 1. The monoisotopic (exact) mass is 412 g/mol. The van der Waals surface area contributed by atoms with Crippen molar-refractivity contribution in [2.24, 2.45) is 0 Å². The molecule has 1 aromatic heterocycles. The van der Waals surface area contributed by atoms with E-state index < -0.39 is 5.82 Å². The van der Waals surface area contributed by atoms with Crippen LogP contribution in [0.15, 0.2) is 72.8 Å². The van der Waals surface area contributed by atoms with Gasteiger partial charge in [0, 0.05) is 36.2 Å². The van der Waals surface area contributed by atoms with Gasteiger partial charge in [0.1, 0.15) is 0 Å². The molecule has 0 aliphatic carbocycles. The number of fused-ring (bicyclic) bond motifs is 2. The number of hydrogen-bond acceptors (Lipinski definition) is 3. The smallest absolute Gasteiger partial charge is 0.255 e. The summed E-state index contributed by atoms with van der Waals surface area (Å²) in [7, 11) is 1.44. The summed E-state index contributed by atoms with van der Waals surface area (Å²) in [5.74, 6) is -0.363. The number of pyridine rings is 1. The van der Waals surface area contributed by atoms with Crippen LogP contribution < -0.4 is 4.74 Å². The van der Waals surface area contributed by atoms with Crippen LogP contribution >= 0.6 is 0 Å². The van der Waals surface area contributed by atoms with Crippen molar-refractivity contribution in [3.05, 3.63) is 95.4 Å². The molecule has 0 N–H and O–H groups in total. The zero-order valence-electron chi connectivity index (χ0n) is 17.1. The molecule has 0 bridgehead atoms. The summed E-state index contributed by atoms with van der Waals surface area (Å²) in [5.41, 5.74) is 4.36. The van der Waals surface area contributed by atoms with Crippen LogP contribution in [0.25, 0.3) is 22.0 Å². The van der Waals surface area contributed by atoms with Crippen molar-refractivity contribution >= 4 is 16.8 Å². The molecule has 0 unspecified atom stereocenters. The van der Waals surface area contributed by atoms with Gasteiger partial charge in [0.15, 0.2) is 11.6 Å². The van der Waals surface area contributed by atoms with E-state index in [2.05, 4.69) is 6.07 Å². The second-order valence-corrected chi connectivity index (χ2v) is 7.63. The summed E-state index contributed by atoms with van der Waals surface area (Å²) < 4.78 is 20.0. The maximum atomic E-state index is 14.9. The minimum atomic E-state index is -0.454. The molecule has 0 radical (unpaired) electrons. The van der Waals surface area contributed by atoms with E-state index in [0.29, 0.717) is 36.2 Å². The predicted molar refractivity (Wildman–Crippen MR) is 119 cm³/mol. The SMILES string of the molecule is COc1cccc(-c2cccc3c2C(=O)N(CCc2ccc4ccccc4n2)C3)c1F. The van der Waals surface area contributed by atoms with Crippen molar-refractivity contribution in [1.82, 2.24) is 9.88 Å². The van der Waals surface area contributed by atoms with Gasteiger partial charge in [-0.15, -0.1) is 0 Å². The van der Waals surface area contributed by atoms with Crippen LogP contribution in [0.1, 0.15) is 21.6 Å². The molecule has 0 saturated carbocycles. The molecule has 0 spiro atoms. The normalized spacial score (nSPS) is 13.0. The van der Waals surface area contributed by atoms with Crippen molar-refractivity contribution in [3.8, 4) is 16.9 Å². The first-order valence-electron chi connectivity index (χ1n) is 10.2. The molecule has 1 aliphatic rings. The lowest BCUT2D eigenvalue weighted by Crippen LogP contribution is -2.26. The second kappa shape index (κ2) is 7.84. The highest BCUT2D eigenvalue weighted by Gasteiger charge is 2.31. The van der Waals surface area contributed by atoms with Gasteiger partial charge < -0.3 is 9.64 Å². The summed E-state index contributed by atoms with van der Waals surface area (Å²) >= 11 is 0. The van der Waals surface area contributed by atoms with Crippen molar-refractivity contribution < 1.29 is 13.9 Å². The highest BCUT2D eigenvalue weighted by Crippen LogP contribution is 2.36. The molecule has 0 atom stereocenters. The van der Waals surface area contributed by atoms with E-state index in [1.165, 1.54) is 7.11 Å². The second-order valence-electron chi connectivity index (χ2n) is 7.63. The zero-order valence-corrected chi connectivity index (χ0v) is 17.1. The molecule has 1 aliphatic heterocycles. The van der Waals surface area contributed by atoms with Gasteiger partial charge in [-0.05, 0) is 29.3 Å². The summed E-state index contributed by atoms with van der Waals surface area (Å²) in [5, 5.41) is 1.10. The number of para-hydroxylation sites is 1. The molecule has 4 aromatic rings. The Bertz CT molecular complexity index is 1300. The van der Waals surface area contributed by atoms with Gasteiger partial charge in [0.2, 0.25) is 0 Å². The number of nitrogens with zero attached hydrogens (tertiary/aromatic N) is 2. The average Bonchev–Trinajstić information content (AvgIpc) is 3.13. The van der Waals surface area contributed by atoms with Crippen LogP contribution in [-0.2, 0) is 13.0 Å². The van der Waals surface area contributed by atoms with Gasteiger partial charge in [-0.25, -0.2) is 4.39 Å². The Kier molecular flexibility index (Phi) is 4.86. The van der Waals surface area contributed by atoms with Crippen LogP contribution in [0.5, 0.6) is 5.75 Å². The molecule has 31 heavy (non-hydrogen) atoms. The van der Waals surface area contributed by atoms with E-state index >= 15 is 0 Å². The zero-order chi connectivity index (χ0) is 21.4. The van der Waals surface area contributed by atoms with Gasteiger partial charge >= 0.3 is 0 Å². The fraction of sp³-hybridized carbons (Fsp3) is 0.154. The molecule has 0 fully saturated rings. The summed E-state index contributed by atoms with van der Waals surface area (Å²) in [6, 6.07) is 22.6. The minimum Gasteiger partial charge on any atom is -0.494 e. The van der Waals surface area contributed by atoms with Crippen molar-refractivity contribution in [2.75, 3.05) is 13.7 Å². The van der Waals surface area contributed by atoms with Crippen molar-refractivity contribution in [3.63, 3.8) is 0 Å². The summed E-state index contributed by atoms with van der Waals surface area (Å²) in [6.45, 7) is 1.07. The first-order chi connectivity index (χ1) is 15.2. The maximum absolute atomic E-state index is 14.9. The van der Waals surface area contributed by atoms with E-state index in [0.717, 1.165) is 22.2 Å². The number of rotatable bonds is 5. The molecular formula is C26H21FN2O2. The first kappa shape index (κ1) is 19.2. The lowest BCUT2D eigenvalue weighted by Gasteiger charge is -2.16. The number of halogens is 1. The predicted octanol–water partition coefficient (Wildman–Crippen LogP) is 5.25. The molecule has 5 rings (SSSR count). The first-order valence-corrected chi connectivity index (χ1v) is 10.2. The number of amides is 1. The Hall–Kier alpha value is -3.73. The molecule has 0 saturated heterocycles. The lowest BCUT2D eigenvalue weighted by atomic mass is 9.96. The standard InChI is InChI=1S/C26H21FN2O2/c1-31-23-11-5-9-21(25(23)27)20-8-4-7-18-16-29(26(30)24(18)20)15-14-19-13-12-17-6-2-3-10-22(17)28-19/h2-13H,14-16H2,1H3. The average molecular weight is 412 g/mol. The fourth-order valence-corrected chi connectivity index (χ4v) is 4.20. The third-order valence-corrected chi connectivity index (χ3v) is 5.78. The molecule has 154 valence electrons. The van der Waals surface area contributed by atoms with Gasteiger partial charge in [-0.3, -0.25) is 9.78 Å². The van der Waals surface area contributed by atoms with Crippen LogP contribution in [-0.4, -0.2) is 29.4 Å². The minimum absolute atomic E-state index is 0.0754. The highest BCUT2D eigenvalue weighted by molar-refractivity contribution is 6.04. The molecular weight excluding hydrogens is 391 g/mol. The highest BCUT2D eigenvalue weighted by atomic mass is 19.1. The quantitative estimate of drug-likeness (QED) is 0.450. The Morgan fingerprint density at radius 3 is 2.65 bits per heavy atom. The van der Waals surface area contributed by atoms with E-state index in [9.17, 15) is 9.18 Å². The van der Waals surface area contributed by atoms with Gasteiger partial charge in [0.05, 0.1) is 18.2 Å². The number of carbonyl (C=O) groups excluding carboxylic acids is 1. The summed E-state index contributed by atoms with van der Waals surface area (Å²) in [6.07, 6.45) is 0.660. The molecule has 3 aromatic carbocycles. The third-order valence-electron chi connectivity index (χ3n) is 5.78. The molecule has 5 heteroatoms. The third kappa shape index (κ3) is 3.42. The van der Waals surface area contributed by atoms with Gasteiger partial charge in [-0.1, -0.05) is 54.6 Å². The topological polar surface area (TPSA) is 42.4 Å². The maximum Gasteiger partial charge on any atom is 0.255 e. The Balaban J connectivity index is 1.41. The Morgan fingerprint density at radius 1 is 0.968 bits per heavy atom. The number of methoxy groups -OCH3 is 1. The largest absolute Gasteiger partial charge is 0.494 e. The number of ether oxygens (including phenoxy) is 1. The van der Waals surface area contributed by atoms with Crippen LogP contribution in [0.2, 0.25) is 0 Å². The molecule has 4 nitrogen and oxygen atoms in total. The van der Waals surface area contributed by atoms with Crippen LogP contribution in [0.3, 0.4) is 0 Å². The van der Waals surface area contributed by atoms with Crippen LogP contribution in [0, 0.1) is 5.82 Å². The Morgan fingerprint density at radius 2 is 1.77 bits per heavy atom. The Labute approximate surface area is 179 Å². The lowest BCUT2D eigenvalue weighted by molar-refractivity contribution is 0.0780. The number of benzene rings is 3. The summed E-state index contributed by atoms with van der Waals surface area (Å²) in [4.78, 5) is 19.8.